The zero-order valence-corrected chi connectivity index (χ0v) is 21.8. The maximum Gasteiger partial charge on any atom is 0.339 e. The maximum atomic E-state index is 11.9. The van der Waals surface area contributed by atoms with Crippen molar-refractivity contribution >= 4 is 11.7 Å². The summed E-state index contributed by atoms with van der Waals surface area (Å²) in [7, 11) is 0. The summed E-state index contributed by atoms with van der Waals surface area (Å²) < 4.78 is 16.5. The van der Waals surface area contributed by atoms with Crippen molar-refractivity contribution in [1.29, 1.82) is 0 Å². The summed E-state index contributed by atoms with van der Waals surface area (Å²) in [6, 6.07) is 20.8. The van der Waals surface area contributed by atoms with Gasteiger partial charge in [0.05, 0.1) is 23.9 Å². The molecule has 0 aromatic heterocycles. The molecule has 0 radical (unpaired) electrons. The maximum absolute atomic E-state index is 11.9. The van der Waals surface area contributed by atoms with E-state index in [1.165, 1.54) is 75.5 Å². The molecule has 0 spiro atoms. The van der Waals surface area contributed by atoms with Crippen LogP contribution in [0, 0.1) is 10.1 Å². The van der Waals surface area contributed by atoms with Crippen LogP contribution in [0.15, 0.2) is 85.1 Å². The number of carbonyl (C=O) groups is 1. The summed E-state index contributed by atoms with van der Waals surface area (Å²) in [5.74, 6) is 1.00. The Balaban J connectivity index is 1.37. The van der Waals surface area contributed by atoms with Gasteiger partial charge in [-0.1, -0.05) is 76.1 Å². The smallest absolute Gasteiger partial charge is 0.339 e. The van der Waals surface area contributed by atoms with Crippen LogP contribution >= 0.6 is 0 Å². The SMILES string of the molecule is CCCCCCCCCCOc1ccc(-c2ccc(O/C=C/C(=O)Oc3ccc([N+](=O)[O-])cc3)cc2)cc1. The van der Waals surface area contributed by atoms with Gasteiger partial charge in [-0.25, -0.2) is 4.79 Å². The molecule has 0 saturated carbocycles. The first-order valence-corrected chi connectivity index (χ1v) is 13.2. The average molecular weight is 518 g/mol. The van der Waals surface area contributed by atoms with Gasteiger partial charge in [0.1, 0.15) is 17.2 Å². The van der Waals surface area contributed by atoms with E-state index in [-0.39, 0.29) is 11.4 Å². The van der Waals surface area contributed by atoms with Crippen molar-refractivity contribution < 1.29 is 23.9 Å². The Hall–Kier alpha value is -4.13. The molecule has 3 rings (SSSR count). The number of esters is 1. The second kappa shape index (κ2) is 15.9. The number of nitro benzene ring substituents is 1. The lowest BCUT2D eigenvalue weighted by atomic mass is 10.1. The zero-order valence-electron chi connectivity index (χ0n) is 21.8. The minimum Gasteiger partial charge on any atom is -0.494 e. The van der Waals surface area contributed by atoms with Gasteiger partial charge >= 0.3 is 5.97 Å². The van der Waals surface area contributed by atoms with Gasteiger partial charge in [-0.15, -0.1) is 0 Å². The number of hydrogen-bond acceptors (Lipinski definition) is 6. The molecule has 0 aliphatic carbocycles. The summed E-state index contributed by atoms with van der Waals surface area (Å²) in [6.45, 7) is 2.99. The standard InChI is InChI=1S/C31H35NO6/c1-2-3-4-5-6-7-8-9-23-36-28-16-10-25(11-17-28)26-12-18-29(19-13-26)37-24-22-31(33)38-30-20-14-27(15-21-30)32(34)35/h10-22,24H,2-9,23H2,1H3/b24-22+. The van der Waals surface area contributed by atoms with Crippen LogP contribution < -0.4 is 14.2 Å². The molecule has 0 aliphatic rings. The Bertz CT molecular complexity index is 1150. The van der Waals surface area contributed by atoms with Crippen LogP contribution in [0.25, 0.3) is 11.1 Å². The highest BCUT2D eigenvalue weighted by molar-refractivity contribution is 5.83. The van der Waals surface area contributed by atoms with Gasteiger partial charge in [-0.2, -0.15) is 0 Å². The number of benzene rings is 3. The highest BCUT2D eigenvalue weighted by Gasteiger charge is 2.06. The number of non-ortho nitro benzene ring substituents is 1. The molecule has 0 N–H and O–H groups in total. The fourth-order valence-corrected chi connectivity index (χ4v) is 3.85. The predicted molar refractivity (Wildman–Crippen MR) is 148 cm³/mol. The summed E-state index contributed by atoms with van der Waals surface area (Å²) in [5.41, 5.74) is 2.03. The number of hydrogen-bond donors (Lipinski definition) is 0. The number of nitro groups is 1. The molecular formula is C31H35NO6. The molecule has 3 aromatic rings. The third-order valence-electron chi connectivity index (χ3n) is 5.98. The second-order valence-electron chi connectivity index (χ2n) is 8.96. The zero-order chi connectivity index (χ0) is 27.0. The molecule has 3 aromatic carbocycles. The second-order valence-corrected chi connectivity index (χ2v) is 8.96. The molecule has 0 unspecified atom stereocenters. The molecule has 0 aliphatic heterocycles. The Labute approximate surface area is 224 Å². The fourth-order valence-electron chi connectivity index (χ4n) is 3.85. The van der Waals surface area contributed by atoms with E-state index in [1.54, 1.807) is 0 Å². The van der Waals surface area contributed by atoms with E-state index in [0.717, 1.165) is 36.0 Å². The van der Waals surface area contributed by atoms with Gasteiger partial charge in [-0.3, -0.25) is 10.1 Å². The number of unbranched alkanes of at least 4 members (excludes halogenated alkanes) is 7. The first-order chi connectivity index (χ1) is 18.5. The van der Waals surface area contributed by atoms with Crippen LogP contribution in [-0.2, 0) is 4.79 Å². The molecule has 0 heterocycles. The topological polar surface area (TPSA) is 87.9 Å². The van der Waals surface area contributed by atoms with Crippen LogP contribution in [0.1, 0.15) is 58.3 Å². The third kappa shape index (κ3) is 10.1. The van der Waals surface area contributed by atoms with Crippen molar-refractivity contribution in [1.82, 2.24) is 0 Å². The van der Waals surface area contributed by atoms with E-state index in [2.05, 4.69) is 6.92 Å². The van der Waals surface area contributed by atoms with E-state index in [0.29, 0.717) is 5.75 Å². The lowest BCUT2D eigenvalue weighted by Crippen LogP contribution is -2.04. The molecule has 0 bridgehead atoms. The monoisotopic (exact) mass is 517 g/mol. The molecule has 7 heteroatoms. The lowest BCUT2D eigenvalue weighted by Gasteiger charge is -2.08. The van der Waals surface area contributed by atoms with Crippen molar-refractivity contribution in [3.63, 3.8) is 0 Å². The Kier molecular flexibility index (Phi) is 11.9. The van der Waals surface area contributed by atoms with Crippen molar-refractivity contribution in [3.05, 3.63) is 95.2 Å². The number of carbonyl (C=O) groups excluding carboxylic acids is 1. The first kappa shape index (κ1) is 28.4. The minimum absolute atomic E-state index is 0.0783. The Morgan fingerprint density at radius 1 is 0.737 bits per heavy atom. The van der Waals surface area contributed by atoms with E-state index in [9.17, 15) is 14.9 Å². The largest absolute Gasteiger partial charge is 0.494 e. The first-order valence-electron chi connectivity index (χ1n) is 13.2. The summed E-state index contributed by atoms with van der Waals surface area (Å²) in [4.78, 5) is 22.1. The quantitative estimate of drug-likeness (QED) is 0.0361. The molecule has 7 nitrogen and oxygen atoms in total. The Morgan fingerprint density at radius 3 is 1.84 bits per heavy atom. The molecule has 0 atom stereocenters. The van der Waals surface area contributed by atoms with Gasteiger partial charge in [0, 0.05) is 12.1 Å². The number of nitrogens with zero attached hydrogens (tertiary/aromatic N) is 1. The minimum atomic E-state index is -0.653. The van der Waals surface area contributed by atoms with Gasteiger partial charge < -0.3 is 14.2 Å². The van der Waals surface area contributed by atoms with Gasteiger partial charge in [0.15, 0.2) is 0 Å². The number of ether oxygens (including phenoxy) is 3. The van der Waals surface area contributed by atoms with E-state index in [4.69, 9.17) is 14.2 Å². The van der Waals surface area contributed by atoms with Crippen molar-refractivity contribution in [3.8, 4) is 28.4 Å². The van der Waals surface area contributed by atoms with Crippen LogP contribution in [-0.4, -0.2) is 17.5 Å². The summed E-state index contributed by atoms with van der Waals surface area (Å²) in [6.07, 6.45) is 12.6. The molecular weight excluding hydrogens is 482 g/mol. The average Bonchev–Trinajstić information content (AvgIpc) is 2.93. The Morgan fingerprint density at radius 2 is 1.26 bits per heavy atom. The van der Waals surface area contributed by atoms with Crippen molar-refractivity contribution in [2.45, 2.75) is 58.3 Å². The number of rotatable bonds is 16. The lowest BCUT2D eigenvalue weighted by molar-refractivity contribution is -0.384. The molecule has 0 saturated heterocycles. The fraction of sp³-hybridized carbons (Fsp3) is 0.323. The van der Waals surface area contributed by atoms with Crippen molar-refractivity contribution in [2.24, 2.45) is 0 Å². The van der Waals surface area contributed by atoms with Crippen LogP contribution in [0.3, 0.4) is 0 Å². The molecule has 200 valence electrons. The third-order valence-corrected chi connectivity index (χ3v) is 5.98. The van der Waals surface area contributed by atoms with E-state index < -0.39 is 10.9 Å². The molecule has 38 heavy (non-hydrogen) atoms. The van der Waals surface area contributed by atoms with Crippen LogP contribution in [0.2, 0.25) is 0 Å². The van der Waals surface area contributed by atoms with Crippen LogP contribution in [0.4, 0.5) is 5.69 Å². The summed E-state index contributed by atoms with van der Waals surface area (Å²) in [5, 5.41) is 10.7. The predicted octanol–water partition coefficient (Wildman–Crippen LogP) is 8.28. The van der Waals surface area contributed by atoms with E-state index >= 15 is 0 Å². The van der Waals surface area contributed by atoms with Gasteiger partial charge in [0.2, 0.25) is 0 Å². The van der Waals surface area contributed by atoms with Gasteiger partial charge in [0.25, 0.3) is 5.69 Å². The van der Waals surface area contributed by atoms with Crippen LogP contribution in [0.5, 0.6) is 17.2 Å². The van der Waals surface area contributed by atoms with Crippen molar-refractivity contribution in [2.75, 3.05) is 6.61 Å². The van der Waals surface area contributed by atoms with Gasteiger partial charge in [-0.05, 0) is 53.9 Å². The normalized spacial score (nSPS) is 10.9. The highest BCUT2D eigenvalue weighted by atomic mass is 16.6. The molecule has 0 fully saturated rings. The summed E-state index contributed by atoms with van der Waals surface area (Å²) >= 11 is 0. The highest BCUT2D eigenvalue weighted by Crippen LogP contribution is 2.25. The van der Waals surface area contributed by atoms with E-state index in [1.807, 2.05) is 48.5 Å². The molecule has 0 amide bonds.